The summed E-state index contributed by atoms with van der Waals surface area (Å²) in [5, 5.41) is 4.26. The first kappa shape index (κ1) is 15.7. The van der Waals surface area contributed by atoms with Crippen molar-refractivity contribution >= 4 is 16.9 Å². The molecule has 1 rings (SSSR count). The Morgan fingerprint density at radius 3 is 2.72 bits per heavy atom. The third-order valence-electron chi connectivity index (χ3n) is 3.21. The van der Waals surface area contributed by atoms with Crippen molar-refractivity contribution < 1.29 is 13.2 Å². The summed E-state index contributed by atoms with van der Waals surface area (Å²) in [5.74, 6) is 1.03. The van der Waals surface area contributed by atoms with E-state index < -0.39 is 12.6 Å². The molecule has 0 aromatic carbocycles. The molecule has 6 heteroatoms. The number of nitrogens with zero attached hydrogens (tertiary/aromatic N) is 1. The molecule has 0 saturated carbocycles. The van der Waals surface area contributed by atoms with E-state index in [1.807, 2.05) is 0 Å². The number of aliphatic imine (C=N–C) groups is 1. The van der Waals surface area contributed by atoms with Gasteiger partial charge in [-0.15, -0.1) is 0 Å². The highest BCUT2D eigenvalue weighted by molar-refractivity contribution is 8.13. The van der Waals surface area contributed by atoms with Crippen molar-refractivity contribution in [2.45, 2.75) is 57.7 Å². The molecule has 0 amide bonds. The van der Waals surface area contributed by atoms with E-state index in [9.17, 15) is 13.2 Å². The van der Waals surface area contributed by atoms with Crippen LogP contribution >= 0.6 is 11.8 Å². The van der Waals surface area contributed by atoms with Gasteiger partial charge in [-0.2, -0.15) is 13.2 Å². The molecule has 0 spiro atoms. The van der Waals surface area contributed by atoms with Crippen LogP contribution < -0.4 is 5.32 Å². The monoisotopic (exact) mass is 282 g/mol. The van der Waals surface area contributed by atoms with Gasteiger partial charge < -0.3 is 5.32 Å². The van der Waals surface area contributed by atoms with Crippen LogP contribution in [0, 0.1) is 0 Å². The van der Waals surface area contributed by atoms with Crippen LogP contribution in [0.4, 0.5) is 13.2 Å². The lowest BCUT2D eigenvalue weighted by Gasteiger charge is -2.35. The number of nitrogens with one attached hydrogen (secondary N) is 1. The maximum Gasteiger partial charge on any atom is 0.389 e. The van der Waals surface area contributed by atoms with Crippen molar-refractivity contribution in [1.82, 2.24) is 5.32 Å². The Bertz CT molecular complexity index is 292. The predicted octanol–water partition coefficient (Wildman–Crippen LogP) is 3.97. The van der Waals surface area contributed by atoms with Crippen molar-refractivity contribution in [3.63, 3.8) is 0 Å². The molecule has 1 aliphatic rings. The zero-order valence-electron chi connectivity index (χ0n) is 10.9. The third kappa shape index (κ3) is 5.98. The molecular formula is C12H21F3N2S. The van der Waals surface area contributed by atoms with Gasteiger partial charge in [-0.05, 0) is 32.6 Å². The number of hydrogen-bond acceptors (Lipinski definition) is 2. The van der Waals surface area contributed by atoms with Crippen LogP contribution in [0.15, 0.2) is 4.99 Å². The summed E-state index contributed by atoms with van der Waals surface area (Å²) < 4.78 is 35.8. The zero-order chi connectivity index (χ0) is 13.6. The molecule has 0 aromatic heterocycles. The van der Waals surface area contributed by atoms with E-state index in [4.69, 9.17) is 0 Å². The minimum absolute atomic E-state index is 0.0933. The first-order chi connectivity index (χ1) is 8.35. The topological polar surface area (TPSA) is 24.4 Å². The fraction of sp³-hybridized carbons (Fsp3) is 0.917. The average Bonchev–Trinajstić information content (AvgIpc) is 2.27. The SMILES string of the molecule is CCC1(C)CCSC(=NCCCCC(F)(F)F)N1. The molecule has 0 radical (unpaired) electrons. The second-order valence-electron chi connectivity index (χ2n) is 4.90. The number of unbranched alkanes of at least 4 members (excludes halogenated alkanes) is 1. The molecule has 1 heterocycles. The normalized spacial score (nSPS) is 27.3. The minimum Gasteiger partial charge on any atom is -0.360 e. The smallest absolute Gasteiger partial charge is 0.360 e. The lowest BCUT2D eigenvalue weighted by Crippen LogP contribution is -2.48. The summed E-state index contributed by atoms with van der Waals surface area (Å²) >= 11 is 1.66. The molecule has 1 saturated heterocycles. The second kappa shape index (κ2) is 6.68. The highest BCUT2D eigenvalue weighted by atomic mass is 32.2. The molecule has 0 aliphatic carbocycles. The van der Waals surface area contributed by atoms with Crippen LogP contribution in [0.25, 0.3) is 0 Å². The number of amidine groups is 1. The maximum atomic E-state index is 11.9. The van der Waals surface area contributed by atoms with Crippen molar-refractivity contribution in [3.8, 4) is 0 Å². The summed E-state index contributed by atoms with van der Waals surface area (Å²) in [6.45, 7) is 4.76. The lowest BCUT2D eigenvalue weighted by atomic mass is 9.96. The van der Waals surface area contributed by atoms with Gasteiger partial charge in [0, 0.05) is 24.3 Å². The maximum absolute atomic E-state index is 11.9. The molecule has 1 atom stereocenters. The highest BCUT2D eigenvalue weighted by Crippen LogP contribution is 2.25. The number of alkyl halides is 3. The van der Waals surface area contributed by atoms with Crippen molar-refractivity contribution in [2.24, 2.45) is 4.99 Å². The molecule has 2 nitrogen and oxygen atoms in total. The van der Waals surface area contributed by atoms with Gasteiger partial charge >= 0.3 is 6.18 Å². The first-order valence-electron chi connectivity index (χ1n) is 6.37. The molecular weight excluding hydrogens is 261 g/mol. The van der Waals surface area contributed by atoms with Gasteiger partial charge in [0.05, 0.1) is 0 Å². The summed E-state index contributed by atoms with van der Waals surface area (Å²) in [4.78, 5) is 4.35. The average molecular weight is 282 g/mol. The van der Waals surface area contributed by atoms with Crippen LogP contribution in [0.5, 0.6) is 0 Å². The van der Waals surface area contributed by atoms with Crippen LogP contribution in [0.1, 0.15) is 46.0 Å². The largest absolute Gasteiger partial charge is 0.389 e. The number of thioether (sulfide) groups is 1. The van der Waals surface area contributed by atoms with Crippen LogP contribution in [0.3, 0.4) is 0 Å². The van der Waals surface area contributed by atoms with Gasteiger partial charge in [0.25, 0.3) is 0 Å². The van der Waals surface area contributed by atoms with Crippen LogP contribution in [-0.2, 0) is 0 Å². The minimum atomic E-state index is -4.04. The van der Waals surface area contributed by atoms with E-state index in [0.29, 0.717) is 13.0 Å². The van der Waals surface area contributed by atoms with Crippen molar-refractivity contribution in [3.05, 3.63) is 0 Å². The number of halogens is 3. The molecule has 18 heavy (non-hydrogen) atoms. The van der Waals surface area contributed by atoms with Crippen LogP contribution in [-0.4, -0.2) is 29.2 Å². The van der Waals surface area contributed by atoms with Crippen molar-refractivity contribution in [2.75, 3.05) is 12.3 Å². The fourth-order valence-electron chi connectivity index (χ4n) is 1.70. The van der Waals surface area contributed by atoms with Gasteiger partial charge in [0.2, 0.25) is 0 Å². The van der Waals surface area contributed by atoms with E-state index in [2.05, 4.69) is 24.2 Å². The Kier molecular flexibility index (Phi) is 5.82. The second-order valence-corrected chi connectivity index (χ2v) is 5.98. The summed E-state index contributed by atoms with van der Waals surface area (Å²) in [6.07, 6.45) is -1.96. The summed E-state index contributed by atoms with van der Waals surface area (Å²) in [5.41, 5.74) is 0.0933. The quantitative estimate of drug-likeness (QED) is 0.772. The molecule has 0 aromatic rings. The standard InChI is InChI=1S/C12H21F3N2S/c1-3-11(2)7-9-18-10(17-11)16-8-5-4-6-12(13,14)15/h3-9H2,1-2H3,(H,16,17). The van der Waals surface area contributed by atoms with E-state index in [-0.39, 0.29) is 12.0 Å². The van der Waals surface area contributed by atoms with E-state index in [1.165, 1.54) is 0 Å². The molecule has 1 N–H and O–H groups in total. The van der Waals surface area contributed by atoms with Gasteiger partial charge in [-0.1, -0.05) is 18.7 Å². The summed E-state index contributed by atoms with van der Waals surface area (Å²) in [7, 11) is 0. The Morgan fingerprint density at radius 1 is 1.39 bits per heavy atom. The van der Waals surface area contributed by atoms with Crippen LogP contribution in [0.2, 0.25) is 0 Å². The molecule has 1 fully saturated rings. The molecule has 106 valence electrons. The Balaban J connectivity index is 2.26. The fourth-order valence-corrected chi connectivity index (χ4v) is 2.94. The van der Waals surface area contributed by atoms with E-state index in [1.54, 1.807) is 11.8 Å². The van der Waals surface area contributed by atoms with E-state index in [0.717, 1.165) is 23.8 Å². The zero-order valence-corrected chi connectivity index (χ0v) is 11.8. The third-order valence-corrected chi connectivity index (χ3v) is 4.12. The Morgan fingerprint density at radius 2 is 2.11 bits per heavy atom. The number of hydrogen-bond donors (Lipinski definition) is 1. The van der Waals surface area contributed by atoms with Gasteiger partial charge in [-0.25, -0.2) is 0 Å². The summed E-state index contributed by atoms with van der Waals surface area (Å²) in [6, 6.07) is 0. The van der Waals surface area contributed by atoms with Gasteiger partial charge in [0.15, 0.2) is 5.17 Å². The highest BCUT2D eigenvalue weighted by Gasteiger charge is 2.27. The first-order valence-corrected chi connectivity index (χ1v) is 7.35. The van der Waals surface area contributed by atoms with Crippen molar-refractivity contribution in [1.29, 1.82) is 0 Å². The Hall–Kier alpha value is -0.390. The van der Waals surface area contributed by atoms with E-state index >= 15 is 0 Å². The molecule has 1 unspecified atom stereocenters. The van der Waals surface area contributed by atoms with Gasteiger partial charge in [-0.3, -0.25) is 4.99 Å². The molecule has 1 aliphatic heterocycles. The molecule has 0 bridgehead atoms. The van der Waals surface area contributed by atoms with Gasteiger partial charge in [0.1, 0.15) is 0 Å². The predicted molar refractivity (Wildman–Crippen MR) is 71.1 cm³/mol. The lowest BCUT2D eigenvalue weighted by molar-refractivity contribution is -0.135. The Labute approximate surface area is 111 Å². The number of rotatable bonds is 5.